The van der Waals surface area contributed by atoms with Gasteiger partial charge in [-0.1, -0.05) is 18.7 Å². The molecule has 1 aliphatic heterocycles. The fraction of sp³-hybridized carbons (Fsp3) is 0.278. The van der Waals surface area contributed by atoms with Gasteiger partial charge in [-0.15, -0.1) is 0 Å². The molecule has 2 N–H and O–H groups in total. The number of carbonyl (C=O) groups excluding carboxylic acids is 1. The van der Waals surface area contributed by atoms with E-state index < -0.39 is 11.7 Å². The summed E-state index contributed by atoms with van der Waals surface area (Å²) in [6.45, 7) is 5.46. The second-order valence-electron chi connectivity index (χ2n) is 5.31. The van der Waals surface area contributed by atoms with Crippen LogP contribution in [0.2, 0.25) is 0 Å². The Bertz CT molecular complexity index is 719. The summed E-state index contributed by atoms with van der Waals surface area (Å²) >= 11 is 0. The lowest BCUT2D eigenvalue weighted by Crippen LogP contribution is -2.25. The van der Waals surface area contributed by atoms with Crippen molar-refractivity contribution in [1.82, 2.24) is 4.90 Å². The molecule has 2 rings (SSSR count). The fourth-order valence-corrected chi connectivity index (χ4v) is 1.88. The Morgan fingerprint density at radius 3 is 2.46 bits per heavy atom. The summed E-state index contributed by atoms with van der Waals surface area (Å²) in [4.78, 5) is 11.3. The smallest absolute Gasteiger partial charge is 0.420 e. The molecule has 8 heteroatoms. The third kappa shape index (κ3) is 5.96. The highest BCUT2D eigenvalue weighted by atomic mass is 19.4. The molecule has 0 aromatic heterocycles. The highest BCUT2D eigenvalue weighted by Crippen LogP contribution is 2.36. The van der Waals surface area contributed by atoms with Crippen molar-refractivity contribution in [2.24, 2.45) is 5.73 Å². The number of nitrogens with zero attached hydrogens (tertiary/aromatic N) is 1. The van der Waals surface area contributed by atoms with Crippen molar-refractivity contribution >= 4 is 5.97 Å². The first-order valence-electron chi connectivity index (χ1n) is 7.53. The Hall–Kier alpha value is -2.74. The van der Waals surface area contributed by atoms with Crippen LogP contribution in [0.15, 0.2) is 60.1 Å². The summed E-state index contributed by atoms with van der Waals surface area (Å²) in [7, 11) is 2.92. The third-order valence-corrected chi connectivity index (χ3v) is 3.31. The Balaban J connectivity index is 0.000000487. The van der Waals surface area contributed by atoms with Gasteiger partial charge in [0.2, 0.25) is 0 Å². The van der Waals surface area contributed by atoms with Gasteiger partial charge in [0.15, 0.2) is 5.76 Å². The first-order chi connectivity index (χ1) is 12.1. The van der Waals surface area contributed by atoms with Crippen molar-refractivity contribution < 1.29 is 27.4 Å². The summed E-state index contributed by atoms with van der Waals surface area (Å²) in [5, 5.41) is 0. The lowest BCUT2D eigenvalue weighted by Gasteiger charge is -2.27. The molecule has 1 aliphatic rings. The van der Waals surface area contributed by atoms with E-state index in [9.17, 15) is 18.0 Å². The molecular weight excluding hydrogens is 349 g/mol. The highest BCUT2D eigenvalue weighted by Gasteiger charge is 2.38. The highest BCUT2D eigenvalue weighted by molar-refractivity contribution is 5.71. The topological polar surface area (TPSA) is 64.8 Å². The zero-order valence-corrected chi connectivity index (χ0v) is 14.8. The average molecular weight is 370 g/mol. The van der Waals surface area contributed by atoms with Gasteiger partial charge in [-0.2, -0.15) is 13.2 Å². The number of hydrogen-bond acceptors (Lipinski definition) is 5. The molecule has 0 atom stereocenters. The maximum Gasteiger partial charge on any atom is 0.420 e. The molecule has 1 aromatic rings. The minimum absolute atomic E-state index is 0.0312. The van der Waals surface area contributed by atoms with E-state index in [1.807, 2.05) is 13.0 Å². The van der Waals surface area contributed by atoms with E-state index in [-0.39, 0.29) is 24.0 Å². The summed E-state index contributed by atoms with van der Waals surface area (Å²) in [6.07, 6.45) is -2.19. The number of alkyl halides is 3. The summed E-state index contributed by atoms with van der Waals surface area (Å²) in [5.74, 6) is -0.297. The Labute approximate surface area is 150 Å². The number of methoxy groups -OCH3 is 1. The van der Waals surface area contributed by atoms with Gasteiger partial charge in [0.05, 0.1) is 19.4 Å². The van der Waals surface area contributed by atoms with Gasteiger partial charge in [0.1, 0.15) is 11.3 Å². The van der Waals surface area contributed by atoms with Crippen LogP contribution in [-0.2, 0) is 9.53 Å². The zero-order valence-electron chi connectivity index (χ0n) is 14.8. The summed E-state index contributed by atoms with van der Waals surface area (Å²) < 4.78 is 48.6. The maximum absolute atomic E-state index is 13.0. The molecule has 0 fully saturated rings. The molecule has 1 aromatic carbocycles. The Kier molecular flexibility index (Phi) is 7.45. The van der Waals surface area contributed by atoms with E-state index in [0.717, 1.165) is 11.6 Å². The molecule has 0 radical (unpaired) electrons. The number of ether oxygens (including phenoxy) is 2. The predicted octanol–water partition coefficient (Wildman–Crippen LogP) is 3.28. The van der Waals surface area contributed by atoms with Crippen LogP contribution >= 0.6 is 0 Å². The van der Waals surface area contributed by atoms with E-state index in [0.29, 0.717) is 5.75 Å². The summed E-state index contributed by atoms with van der Waals surface area (Å²) in [5.41, 5.74) is 5.05. The number of likely N-dealkylation sites (N-methyl/N-ethyl adjacent to an activating group) is 1. The lowest BCUT2D eigenvalue weighted by molar-refractivity contribution is -0.138. The van der Waals surface area contributed by atoms with Crippen molar-refractivity contribution in [3.63, 3.8) is 0 Å². The van der Waals surface area contributed by atoms with Crippen LogP contribution in [0.5, 0.6) is 5.75 Å². The van der Waals surface area contributed by atoms with Crippen molar-refractivity contribution in [1.29, 1.82) is 0 Å². The van der Waals surface area contributed by atoms with Gasteiger partial charge in [0.25, 0.3) is 0 Å². The SMILES string of the molecule is C=C1C(Oc2cccc(C)c2)=C(C(F)(F)F)C=CN1C.COC(=O)CN. The first kappa shape index (κ1) is 21.3. The Morgan fingerprint density at radius 2 is 2.00 bits per heavy atom. The lowest BCUT2D eigenvalue weighted by atomic mass is 10.1. The molecule has 0 unspecified atom stereocenters. The minimum Gasteiger partial charge on any atom is -0.468 e. The monoisotopic (exact) mass is 370 g/mol. The van der Waals surface area contributed by atoms with Crippen molar-refractivity contribution in [2.45, 2.75) is 13.1 Å². The number of benzene rings is 1. The minimum atomic E-state index is -4.49. The number of nitrogens with two attached hydrogens (primary N) is 1. The first-order valence-corrected chi connectivity index (χ1v) is 7.53. The second kappa shape index (κ2) is 9.10. The van der Waals surface area contributed by atoms with Gasteiger partial charge in [0, 0.05) is 13.2 Å². The van der Waals surface area contributed by atoms with E-state index >= 15 is 0 Å². The molecule has 0 amide bonds. The van der Waals surface area contributed by atoms with E-state index in [4.69, 9.17) is 10.5 Å². The van der Waals surface area contributed by atoms with Gasteiger partial charge in [-0.05, 0) is 30.7 Å². The number of rotatable bonds is 3. The van der Waals surface area contributed by atoms with E-state index in [1.54, 1.807) is 25.2 Å². The van der Waals surface area contributed by atoms with Crippen LogP contribution in [0.4, 0.5) is 13.2 Å². The molecule has 142 valence electrons. The van der Waals surface area contributed by atoms with E-state index in [1.165, 1.54) is 18.2 Å². The van der Waals surface area contributed by atoms with Gasteiger partial charge < -0.3 is 20.1 Å². The molecule has 0 bridgehead atoms. The average Bonchev–Trinajstić information content (AvgIpc) is 2.58. The molecular formula is C18H21F3N2O3. The zero-order chi connectivity index (χ0) is 19.9. The normalized spacial score (nSPS) is 14.0. The molecule has 0 saturated carbocycles. The Morgan fingerprint density at radius 1 is 1.35 bits per heavy atom. The summed E-state index contributed by atoms with van der Waals surface area (Å²) in [6, 6.07) is 6.85. The van der Waals surface area contributed by atoms with Crippen LogP contribution in [-0.4, -0.2) is 37.7 Å². The number of halogens is 3. The van der Waals surface area contributed by atoms with Crippen molar-refractivity contribution in [2.75, 3.05) is 20.7 Å². The van der Waals surface area contributed by atoms with Crippen LogP contribution in [0.25, 0.3) is 0 Å². The molecule has 0 aliphatic carbocycles. The quantitative estimate of drug-likeness (QED) is 0.828. The maximum atomic E-state index is 13.0. The number of allylic oxidation sites excluding steroid dienone is 2. The predicted molar refractivity (Wildman–Crippen MR) is 92.0 cm³/mol. The fourth-order valence-electron chi connectivity index (χ4n) is 1.88. The number of hydrogen-bond donors (Lipinski definition) is 1. The number of carbonyl (C=O) groups is 1. The van der Waals surface area contributed by atoms with Crippen LogP contribution < -0.4 is 10.5 Å². The second-order valence-corrected chi connectivity index (χ2v) is 5.31. The van der Waals surface area contributed by atoms with Crippen molar-refractivity contribution in [3.8, 4) is 5.75 Å². The van der Waals surface area contributed by atoms with Gasteiger partial charge in [-0.3, -0.25) is 4.79 Å². The molecule has 5 nitrogen and oxygen atoms in total. The molecule has 1 heterocycles. The standard InChI is InChI=1S/C15H14F3NO.C3H7NO2/c1-10-5-4-6-12(9-10)20-14-11(2)19(3)8-7-13(14)15(16,17)18;1-6-3(5)2-4/h4-9H,2H2,1,3H3;2,4H2,1H3. The van der Waals surface area contributed by atoms with Crippen LogP contribution in [0, 0.1) is 6.92 Å². The number of esters is 1. The molecule has 0 saturated heterocycles. The molecule has 0 spiro atoms. The van der Waals surface area contributed by atoms with E-state index in [2.05, 4.69) is 11.3 Å². The van der Waals surface area contributed by atoms with Crippen molar-refractivity contribution in [3.05, 3.63) is 65.7 Å². The number of aryl methyl sites for hydroxylation is 1. The van der Waals surface area contributed by atoms with Crippen LogP contribution in [0.3, 0.4) is 0 Å². The van der Waals surface area contributed by atoms with Crippen LogP contribution in [0.1, 0.15) is 5.56 Å². The van der Waals surface area contributed by atoms with Gasteiger partial charge in [-0.25, -0.2) is 0 Å². The molecule has 26 heavy (non-hydrogen) atoms. The third-order valence-electron chi connectivity index (χ3n) is 3.31. The largest absolute Gasteiger partial charge is 0.468 e. The van der Waals surface area contributed by atoms with Gasteiger partial charge >= 0.3 is 12.1 Å².